The third-order valence-corrected chi connectivity index (χ3v) is 6.07. The maximum absolute atomic E-state index is 12.8. The van der Waals surface area contributed by atoms with Gasteiger partial charge < -0.3 is 10.2 Å². The third-order valence-electron chi connectivity index (χ3n) is 4.93. The average Bonchev–Trinajstić information content (AvgIpc) is 3.03. The predicted molar refractivity (Wildman–Crippen MR) is 108 cm³/mol. The second-order valence-electron chi connectivity index (χ2n) is 6.82. The number of fused-ring (bicyclic) bond motifs is 2. The van der Waals surface area contributed by atoms with Crippen molar-refractivity contribution in [3.8, 4) is 6.07 Å². The van der Waals surface area contributed by atoms with Crippen molar-refractivity contribution < 1.29 is 9.59 Å². The fourth-order valence-electron chi connectivity index (χ4n) is 3.41. The maximum Gasteiger partial charge on any atom is 0.256 e. The van der Waals surface area contributed by atoms with E-state index in [1.807, 2.05) is 25.1 Å². The van der Waals surface area contributed by atoms with Gasteiger partial charge in [0.15, 0.2) is 0 Å². The first-order chi connectivity index (χ1) is 13.5. The third kappa shape index (κ3) is 3.23. The number of nitrogens with zero attached hydrogens (tertiary/aromatic N) is 3. The lowest BCUT2D eigenvalue weighted by molar-refractivity contribution is -0.129. The van der Waals surface area contributed by atoms with Gasteiger partial charge in [0.1, 0.15) is 11.1 Å². The van der Waals surface area contributed by atoms with Gasteiger partial charge in [-0.15, -0.1) is 11.3 Å². The minimum absolute atomic E-state index is 0.0158. The van der Waals surface area contributed by atoms with E-state index in [1.165, 1.54) is 11.3 Å². The van der Waals surface area contributed by atoms with Crippen molar-refractivity contribution in [2.24, 2.45) is 0 Å². The lowest BCUT2D eigenvalue weighted by Gasteiger charge is -2.25. The highest BCUT2D eigenvalue weighted by Gasteiger charge is 2.26. The number of carbonyl (C=O) groups excluding carboxylic acids is 2. The number of amides is 2. The molecular formula is C21H18N4O2S. The van der Waals surface area contributed by atoms with Crippen LogP contribution in [-0.4, -0.2) is 28.2 Å². The van der Waals surface area contributed by atoms with E-state index in [2.05, 4.69) is 16.4 Å². The summed E-state index contributed by atoms with van der Waals surface area (Å²) in [5, 5.41) is 14.0. The van der Waals surface area contributed by atoms with Gasteiger partial charge in [0.05, 0.1) is 17.6 Å². The highest BCUT2D eigenvalue weighted by atomic mass is 32.1. The number of hydrogen-bond donors (Lipinski definition) is 1. The van der Waals surface area contributed by atoms with Crippen LogP contribution in [0.25, 0.3) is 10.9 Å². The summed E-state index contributed by atoms with van der Waals surface area (Å²) in [6.07, 6.45) is 0.628. The Kier molecular flexibility index (Phi) is 4.57. The Morgan fingerprint density at radius 1 is 1.29 bits per heavy atom. The number of hydrogen-bond acceptors (Lipinski definition) is 5. The number of anilines is 1. The lowest BCUT2D eigenvalue weighted by atomic mass is 10.0. The molecule has 1 aliphatic rings. The molecule has 140 valence electrons. The number of pyridine rings is 1. The second kappa shape index (κ2) is 7.06. The van der Waals surface area contributed by atoms with Crippen LogP contribution in [0.5, 0.6) is 0 Å². The molecule has 0 saturated heterocycles. The van der Waals surface area contributed by atoms with Crippen LogP contribution in [0.15, 0.2) is 30.3 Å². The van der Waals surface area contributed by atoms with Gasteiger partial charge in [0.2, 0.25) is 5.91 Å². The van der Waals surface area contributed by atoms with Gasteiger partial charge in [-0.25, -0.2) is 0 Å². The van der Waals surface area contributed by atoms with Crippen LogP contribution in [-0.2, 0) is 17.8 Å². The van der Waals surface area contributed by atoms with E-state index < -0.39 is 0 Å². The van der Waals surface area contributed by atoms with Crippen LogP contribution in [0.4, 0.5) is 5.00 Å². The second-order valence-corrected chi connectivity index (χ2v) is 7.93. The van der Waals surface area contributed by atoms with Crippen LogP contribution in [0.3, 0.4) is 0 Å². The Balaban J connectivity index is 1.63. The highest BCUT2D eigenvalue weighted by Crippen LogP contribution is 2.37. The van der Waals surface area contributed by atoms with Crippen molar-refractivity contribution in [2.45, 2.75) is 26.8 Å². The Labute approximate surface area is 166 Å². The van der Waals surface area contributed by atoms with Gasteiger partial charge >= 0.3 is 0 Å². The highest BCUT2D eigenvalue weighted by molar-refractivity contribution is 7.16. The molecule has 1 aliphatic heterocycles. The predicted octanol–water partition coefficient (Wildman–Crippen LogP) is 3.63. The van der Waals surface area contributed by atoms with Gasteiger partial charge in [0, 0.05) is 35.0 Å². The molecule has 0 radical (unpaired) electrons. The Morgan fingerprint density at radius 2 is 2.07 bits per heavy atom. The van der Waals surface area contributed by atoms with Crippen LogP contribution >= 0.6 is 11.3 Å². The molecule has 0 aliphatic carbocycles. The van der Waals surface area contributed by atoms with Gasteiger partial charge in [-0.3, -0.25) is 14.6 Å². The summed E-state index contributed by atoms with van der Waals surface area (Å²) in [6, 6.07) is 11.5. The summed E-state index contributed by atoms with van der Waals surface area (Å²) < 4.78 is 0. The van der Waals surface area contributed by atoms with Crippen molar-refractivity contribution in [3.05, 3.63) is 57.6 Å². The molecule has 1 aromatic carbocycles. The Hall–Kier alpha value is -3.24. The van der Waals surface area contributed by atoms with E-state index in [9.17, 15) is 14.9 Å². The topological polar surface area (TPSA) is 86.1 Å². The van der Waals surface area contributed by atoms with Gasteiger partial charge in [-0.1, -0.05) is 12.1 Å². The van der Waals surface area contributed by atoms with Crippen LogP contribution in [0, 0.1) is 18.3 Å². The summed E-state index contributed by atoms with van der Waals surface area (Å²) in [6.45, 7) is 4.53. The summed E-state index contributed by atoms with van der Waals surface area (Å²) in [4.78, 5) is 31.6. The zero-order valence-corrected chi connectivity index (χ0v) is 16.4. The minimum Gasteiger partial charge on any atom is -0.337 e. The smallest absolute Gasteiger partial charge is 0.256 e. The summed E-state index contributed by atoms with van der Waals surface area (Å²) in [5.74, 6) is -0.258. The van der Waals surface area contributed by atoms with E-state index in [-0.39, 0.29) is 11.8 Å². The summed E-state index contributed by atoms with van der Waals surface area (Å²) in [5.41, 5.74) is 3.59. The number of nitrogens with one attached hydrogen (secondary N) is 1. The number of aryl methyl sites for hydroxylation is 1. The summed E-state index contributed by atoms with van der Waals surface area (Å²) >= 11 is 1.37. The fourth-order valence-corrected chi connectivity index (χ4v) is 4.62. The van der Waals surface area contributed by atoms with Crippen molar-refractivity contribution in [2.75, 3.05) is 11.9 Å². The van der Waals surface area contributed by atoms with E-state index in [4.69, 9.17) is 0 Å². The molecule has 7 heteroatoms. The molecule has 0 bridgehead atoms. The average molecular weight is 390 g/mol. The first kappa shape index (κ1) is 18.1. The Morgan fingerprint density at radius 3 is 2.82 bits per heavy atom. The molecule has 3 aromatic rings. The largest absolute Gasteiger partial charge is 0.337 e. The molecule has 6 nitrogen and oxygen atoms in total. The van der Waals surface area contributed by atoms with Crippen LogP contribution in [0.1, 0.15) is 39.0 Å². The van der Waals surface area contributed by atoms with Crippen molar-refractivity contribution in [1.82, 2.24) is 9.88 Å². The monoisotopic (exact) mass is 390 g/mol. The molecule has 1 N–H and O–H groups in total. The van der Waals surface area contributed by atoms with Crippen LogP contribution in [0.2, 0.25) is 0 Å². The van der Waals surface area contributed by atoms with Gasteiger partial charge in [0.25, 0.3) is 5.91 Å². The molecule has 0 atom stereocenters. The molecule has 0 unspecified atom stereocenters. The molecule has 2 amide bonds. The molecule has 0 saturated carbocycles. The minimum atomic E-state index is -0.274. The van der Waals surface area contributed by atoms with Crippen LogP contribution < -0.4 is 5.32 Å². The number of thiophene rings is 1. The standard InChI is InChI=1S/C21H18N4O2S/c1-12-3-4-14-5-6-15(9-18(14)23-12)20(27)24-21-17(10-22)16-7-8-25(13(2)26)11-19(16)28-21/h3-6,9H,7-8,11H2,1-2H3,(H,24,27). The molecular weight excluding hydrogens is 372 g/mol. The number of nitriles is 1. The fraction of sp³-hybridized carbons (Fsp3) is 0.238. The number of aromatic nitrogens is 1. The summed E-state index contributed by atoms with van der Waals surface area (Å²) in [7, 11) is 0. The van der Waals surface area contributed by atoms with Crippen molar-refractivity contribution in [3.63, 3.8) is 0 Å². The number of benzene rings is 1. The lowest BCUT2D eigenvalue weighted by Crippen LogP contribution is -2.33. The van der Waals surface area contributed by atoms with Gasteiger partial charge in [-0.05, 0) is 37.1 Å². The molecule has 28 heavy (non-hydrogen) atoms. The quantitative estimate of drug-likeness (QED) is 0.724. The molecule has 3 heterocycles. The van der Waals surface area contributed by atoms with E-state index in [1.54, 1.807) is 24.0 Å². The first-order valence-electron chi connectivity index (χ1n) is 8.95. The molecule has 4 rings (SSSR count). The van der Waals surface area contributed by atoms with Crippen molar-refractivity contribution >= 4 is 39.1 Å². The number of carbonyl (C=O) groups is 2. The van der Waals surface area contributed by atoms with E-state index in [0.29, 0.717) is 35.6 Å². The molecule has 0 fully saturated rings. The SMILES string of the molecule is CC(=O)N1CCc2c(sc(NC(=O)c3ccc4ccc(C)nc4c3)c2C#N)C1. The molecule has 2 aromatic heterocycles. The number of rotatable bonds is 2. The normalized spacial score (nSPS) is 13.1. The molecule has 0 spiro atoms. The van der Waals surface area contributed by atoms with E-state index >= 15 is 0 Å². The van der Waals surface area contributed by atoms with Crippen molar-refractivity contribution in [1.29, 1.82) is 5.26 Å². The van der Waals surface area contributed by atoms with Gasteiger partial charge in [-0.2, -0.15) is 5.26 Å². The zero-order chi connectivity index (χ0) is 19.8. The maximum atomic E-state index is 12.8. The first-order valence-corrected chi connectivity index (χ1v) is 9.77. The Bertz CT molecular complexity index is 1160. The zero-order valence-electron chi connectivity index (χ0n) is 15.6. The van der Waals surface area contributed by atoms with E-state index in [0.717, 1.165) is 27.0 Å².